The number of nitrogens with one attached hydrogen (secondary N) is 1. The van der Waals surface area contributed by atoms with Gasteiger partial charge in [0.25, 0.3) is 0 Å². The van der Waals surface area contributed by atoms with Gasteiger partial charge in [-0.15, -0.1) is 0 Å². The normalized spacial score (nSPS) is 24.6. The molecule has 0 bridgehead atoms. The van der Waals surface area contributed by atoms with Crippen LogP contribution in [0.2, 0.25) is 0 Å². The lowest BCUT2D eigenvalue weighted by molar-refractivity contribution is -0.186. The Morgan fingerprint density at radius 1 is 1.00 bits per heavy atom. The Labute approximate surface area is 295 Å². The van der Waals surface area contributed by atoms with Gasteiger partial charge >= 0.3 is 0 Å². The van der Waals surface area contributed by atoms with Crippen LogP contribution in [-0.2, 0) is 21.7 Å². The zero-order valence-electron chi connectivity index (χ0n) is 31.5. The third-order valence-corrected chi connectivity index (χ3v) is 10.7. The molecule has 4 saturated heterocycles. The van der Waals surface area contributed by atoms with Gasteiger partial charge in [0.05, 0.1) is 31.4 Å². The van der Waals surface area contributed by atoms with Gasteiger partial charge in [0.1, 0.15) is 11.6 Å². The van der Waals surface area contributed by atoms with Crippen molar-refractivity contribution in [3.8, 4) is 11.5 Å². The first-order chi connectivity index (χ1) is 23.8. The molecule has 4 N–H and O–H groups in total. The van der Waals surface area contributed by atoms with Crippen LogP contribution in [0.4, 0.5) is 11.6 Å². The number of unbranched alkanes of at least 4 members (excludes halogenated alkanes) is 2. The molecule has 0 aliphatic carbocycles. The average molecular weight is 684 g/mol. The van der Waals surface area contributed by atoms with E-state index in [2.05, 4.69) is 47.6 Å². The number of rotatable bonds is 12. The smallest absolute Gasteiger partial charge is 0.231 e. The van der Waals surface area contributed by atoms with E-state index in [-0.39, 0.29) is 24.2 Å². The van der Waals surface area contributed by atoms with Crippen molar-refractivity contribution in [2.75, 3.05) is 43.5 Å². The Hall–Kier alpha value is -2.60. The van der Waals surface area contributed by atoms with Crippen molar-refractivity contribution in [3.05, 3.63) is 16.9 Å². The molecule has 4 aliphatic rings. The number of piperidine rings is 1. The van der Waals surface area contributed by atoms with Crippen LogP contribution in [-0.4, -0.2) is 81.9 Å². The molecular formula is C38H65N7O4. The summed E-state index contributed by atoms with van der Waals surface area (Å²) in [5.41, 5.74) is 8.67. The second kappa shape index (κ2) is 18.6. The molecule has 6 rings (SSSR count). The van der Waals surface area contributed by atoms with Gasteiger partial charge in [-0.05, 0) is 83.6 Å². The third-order valence-electron chi connectivity index (χ3n) is 10.7. The Morgan fingerprint density at radius 3 is 2.37 bits per heavy atom. The average Bonchev–Trinajstić information content (AvgIpc) is 3.92. The molecule has 4 fully saturated rings. The quantitative estimate of drug-likeness (QED) is 0.192. The Balaban J connectivity index is 0.000000378. The number of ether oxygens (including phenoxy) is 2. The molecule has 4 atom stereocenters. The van der Waals surface area contributed by atoms with Crippen molar-refractivity contribution in [2.24, 2.45) is 5.92 Å². The summed E-state index contributed by atoms with van der Waals surface area (Å²) in [6.45, 7) is 17.6. The monoisotopic (exact) mass is 684 g/mol. The van der Waals surface area contributed by atoms with Gasteiger partial charge in [0.15, 0.2) is 17.3 Å². The Morgan fingerprint density at radius 2 is 1.71 bits per heavy atom. The van der Waals surface area contributed by atoms with Crippen LogP contribution in [0.15, 0.2) is 4.52 Å². The molecule has 2 aromatic heterocycles. The van der Waals surface area contributed by atoms with Crippen molar-refractivity contribution >= 4 is 17.3 Å². The standard InChI is InChI=1S/C27H42N6O4.C9H17N.C2H6/c1-5-7-9-20-22(32-37-23(20)27(12-8-6-2)35-13-14-36-27)25-30-24(29)21(18(4)28)26(31-25)33-15-17(3)10-11-19(33)16-34;1-2-8-5-6-9-4-3-7-10(8)9;1-2/h17,19,28,34H,5-16H2,1-4H3,(H2,29,30,31);8-9H,2-7H2,1H3;1-2H3/t17?,19-;;/m1../s1. The summed E-state index contributed by atoms with van der Waals surface area (Å²) in [6.07, 6.45) is 14.4. The van der Waals surface area contributed by atoms with Crippen molar-refractivity contribution in [3.63, 3.8) is 0 Å². The van der Waals surface area contributed by atoms with Gasteiger partial charge in [0.2, 0.25) is 5.79 Å². The van der Waals surface area contributed by atoms with E-state index in [0.717, 1.165) is 69.1 Å². The Bertz CT molecular complexity index is 1330. The lowest BCUT2D eigenvalue weighted by Gasteiger charge is -2.39. The van der Waals surface area contributed by atoms with Crippen molar-refractivity contribution in [1.82, 2.24) is 20.0 Å². The summed E-state index contributed by atoms with van der Waals surface area (Å²) < 4.78 is 18.3. The number of anilines is 2. The highest BCUT2D eigenvalue weighted by molar-refractivity contribution is 6.05. The summed E-state index contributed by atoms with van der Waals surface area (Å²) in [6, 6.07) is 1.85. The highest BCUT2D eigenvalue weighted by Gasteiger charge is 2.45. The summed E-state index contributed by atoms with van der Waals surface area (Å²) in [5, 5.41) is 23.0. The van der Waals surface area contributed by atoms with Gasteiger partial charge in [-0.2, -0.15) is 0 Å². The molecule has 0 aromatic carbocycles. The molecule has 2 aromatic rings. The number of nitrogens with zero attached hydrogens (tertiary/aromatic N) is 5. The largest absolute Gasteiger partial charge is 0.394 e. The number of aliphatic hydroxyl groups is 1. The SMILES string of the molecule is CC.CCC1CCC2CCCN12.CCCCc1c(-c2nc(N)c(C(C)=N)c(N3CC(C)CC[C@@H]3CO)n2)noc1C1(CCCC)OCCO1. The zero-order chi connectivity index (χ0) is 35.6. The highest BCUT2D eigenvalue weighted by atomic mass is 16.7. The van der Waals surface area contributed by atoms with Crippen LogP contribution in [0, 0.1) is 11.3 Å². The van der Waals surface area contributed by atoms with Crippen LogP contribution in [0.1, 0.15) is 142 Å². The minimum Gasteiger partial charge on any atom is -0.394 e. The number of hydrogen-bond acceptors (Lipinski definition) is 11. The van der Waals surface area contributed by atoms with Gasteiger partial charge in [-0.3, -0.25) is 4.90 Å². The molecule has 11 nitrogen and oxygen atoms in total. The molecule has 49 heavy (non-hydrogen) atoms. The first-order valence-corrected chi connectivity index (χ1v) is 19.4. The fraction of sp³-hybridized carbons (Fsp3) is 0.789. The second-order valence-electron chi connectivity index (χ2n) is 14.1. The summed E-state index contributed by atoms with van der Waals surface area (Å²) in [5.74, 6) is 1.22. The number of aliphatic hydroxyl groups excluding tert-OH is 1. The molecule has 6 heterocycles. The molecule has 0 amide bonds. The van der Waals surface area contributed by atoms with Crippen LogP contribution in [0.25, 0.3) is 11.5 Å². The maximum absolute atomic E-state index is 10.1. The van der Waals surface area contributed by atoms with E-state index < -0.39 is 5.79 Å². The van der Waals surface area contributed by atoms with Crippen molar-refractivity contribution < 1.29 is 19.1 Å². The topological polar surface area (TPSA) is 147 Å². The van der Waals surface area contributed by atoms with E-state index in [1.807, 2.05) is 13.8 Å². The number of nitrogen functional groups attached to an aromatic ring is 1. The molecule has 4 aliphatic heterocycles. The molecule has 3 unspecified atom stereocenters. The molecule has 11 heteroatoms. The lowest BCUT2D eigenvalue weighted by atomic mass is 9.93. The van der Waals surface area contributed by atoms with Crippen LogP contribution in [0.5, 0.6) is 0 Å². The fourth-order valence-corrected chi connectivity index (χ4v) is 8.06. The zero-order valence-corrected chi connectivity index (χ0v) is 31.5. The first kappa shape index (κ1) is 39.2. The van der Waals surface area contributed by atoms with Gasteiger partial charge in [-0.25, -0.2) is 9.97 Å². The molecule has 0 spiro atoms. The van der Waals surface area contributed by atoms with Gasteiger partial charge in [-0.1, -0.05) is 59.5 Å². The van der Waals surface area contributed by atoms with E-state index >= 15 is 0 Å². The number of hydrogen-bond donors (Lipinski definition) is 3. The number of fused-ring (bicyclic) bond motifs is 1. The lowest BCUT2D eigenvalue weighted by Crippen LogP contribution is -2.46. The van der Waals surface area contributed by atoms with Crippen LogP contribution >= 0.6 is 0 Å². The van der Waals surface area contributed by atoms with Crippen LogP contribution in [0.3, 0.4) is 0 Å². The first-order valence-electron chi connectivity index (χ1n) is 19.4. The minimum absolute atomic E-state index is 0.00688. The number of nitrogens with two attached hydrogens (primary N) is 1. The van der Waals surface area contributed by atoms with Gasteiger partial charge < -0.3 is 35.1 Å². The Kier molecular flexibility index (Phi) is 14.9. The summed E-state index contributed by atoms with van der Waals surface area (Å²) >= 11 is 0. The second-order valence-corrected chi connectivity index (χ2v) is 14.1. The van der Waals surface area contributed by atoms with E-state index in [0.29, 0.717) is 54.2 Å². The van der Waals surface area contributed by atoms with Crippen LogP contribution < -0.4 is 10.6 Å². The van der Waals surface area contributed by atoms with Gasteiger partial charge in [0, 0.05) is 36.3 Å². The molecule has 0 saturated carbocycles. The summed E-state index contributed by atoms with van der Waals surface area (Å²) in [4.78, 5) is 14.4. The highest BCUT2D eigenvalue weighted by Crippen LogP contribution is 2.42. The van der Waals surface area contributed by atoms with E-state index in [1.54, 1.807) is 6.92 Å². The molecule has 276 valence electrons. The summed E-state index contributed by atoms with van der Waals surface area (Å²) in [7, 11) is 0. The maximum Gasteiger partial charge on any atom is 0.231 e. The van der Waals surface area contributed by atoms with Crippen molar-refractivity contribution in [1.29, 1.82) is 5.41 Å². The van der Waals surface area contributed by atoms with Crippen molar-refractivity contribution in [2.45, 2.75) is 156 Å². The third kappa shape index (κ3) is 8.83. The maximum atomic E-state index is 10.1. The minimum atomic E-state index is -0.950. The molecule has 0 radical (unpaired) electrons. The van der Waals surface area contributed by atoms with E-state index in [9.17, 15) is 5.11 Å². The molecular weight excluding hydrogens is 618 g/mol. The number of aromatic nitrogens is 3. The van der Waals surface area contributed by atoms with E-state index in [1.165, 1.54) is 38.6 Å². The predicted octanol–water partition coefficient (Wildman–Crippen LogP) is 7.48. The predicted molar refractivity (Wildman–Crippen MR) is 197 cm³/mol. The fourth-order valence-electron chi connectivity index (χ4n) is 8.06. The van der Waals surface area contributed by atoms with E-state index in [4.69, 9.17) is 30.1 Å².